The summed E-state index contributed by atoms with van der Waals surface area (Å²) < 4.78 is 5.47. The van der Waals surface area contributed by atoms with Gasteiger partial charge >= 0.3 is 0 Å². The van der Waals surface area contributed by atoms with Crippen LogP contribution in [0.15, 0.2) is 28.2 Å². The molecule has 3 rings (SSSR count). The number of carbonyl (C=O) groups is 1. The molecule has 5 nitrogen and oxygen atoms in total. The van der Waals surface area contributed by atoms with Gasteiger partial charge in [-0.1, -0.05) is 6.07 Å². The second kappa shape index (κ2) is 6.19. The lowest BCUT2D eigenvalue weighted by Gasteiger charge is -2.19. The van der Waals surface area contributed by atoms with Crippen LogP contribution in [0.1, 0.15) is 40.0 Å². The summed E-state index contributed by atoms with van der Waals surface area (Å²) in [5.41, 5.74) is 0.370. The van der Waals surface area contributed by atoms with Gasteiger partial charge < -0.3 is 15.1 Å². The van der Waals surface area contributed by atoms with Gasteiger partial charge in [-0.25, -0.2) is 4.98 Å². The van der Waals surface area contributed by atoms with Crippen molar-refractivity contribution in [2.24, 2.45) is 0 Å². The van der Waals surface area contributed by atoms with Gasteiger partial charge in [0.15, 0.2) is 11.6 Å². The van der Waals surface area contributed by atoms with E-state index in [0.29, 0.717) is 24.0 Å². The van der Waals surface area contributed by atoms with Gasteiger partial charge in [-0.05, 0) is 37.4 Å². The Balaban J connectivity index is 1.59. The number of nitrogens with zero attached hydrogens (tertiary/aromatic N) is 1. The molecule has 0 atom stereocenters. The van der Waals surface area contributed by atoms with E-state index in [2.05, 4.69) is 15.6 Å². The number of hydrogen-bond donors (Lipinski definition) is 2. The summed E-state index contributed by atoms with van der Waals surface area (Å²) in [6.45, 7) is 2.49. The summed E-state index contributed by atoms with van der Waals surface area (Å²) in [6.07, 6.45) is 3.48. The molecular weight excluding hydrogens is 274 g/mol. The fourth-order valence-electron chi connectivity index (χ4n) is 2.32. The molecule has 2 N–H and O–H groups in total. The highest BCUT2D eigenvalue weighted by Crippen LogP contribution is 2.24. The van der Waals surface area contributed by atoms with Crippen LogP contribution in [-0.4, -0.2) is 24.0 Å². The zero-order valence-corrected chi connectivity index (χ0v) is 11.9. The standard InChI is InChI=1S/C14H17N3O2S/c18-13(16-8-11-2-1-7-20-11)12-9-19-14(17-12)10-3-5-15-6-4-10/h1-2,7,9-10,15H,3-6,8H2,(H,16,18). The fourth-order valence-corrected chi connectivity index (χ4v) is 2.96. The van der Waals surface area contributed by atoms with E-state index in [1.807, 2.05) is 17.5 Å². The Kier molecular flexibility index (Phi) is 4.13. The molecule has 0 aliphatic carbocycles. The molecule has 1 aliphatic rings. The number of aromatic nitrogens is 1. The van der Waals surface area contributed by atoms with Gasteiger partial charge in [-0.3, -0.25) is 4.79 Å². The summed E-state index contributed by atoms with van der Waals surface area (Å²) in [4.78, 5) is 17.5. The molecule has 1 fully saturated rings. The van der Waals surface area contributed by atoms with Crippen molar-refractivity contribution < 1.29 is 9.21 Å². The molecule has 0 radical (unpaired) electrons. The summed E-state index contributed by atoms with van der Waals surface area (Å²) in [5, 5.41) is 8.15. The Bertz CT molecular complexity index is 559. The third-order valence-corrected chi connectivity index (χ3v) is 4.32. The van der Waals surface area contributed by atoms with E-state index >= 15 is 0 Å². The number of hydrogen-bond acceptors (Lipinski definition) is 5. The molecule has 1 saturated heterocycles. The van der Waals surface area contributed by atoms with E-state index < -0.39 is 0 Å². The van der Waals surface area contributed by atoms with Crippen LogP contribution in [0.25, 0.3) is 0 Å². The summed E-state index contributed by atoms with van der Waals surface area (Å²) in [6, 6.07) is 3.96. The molecular formula is C14H17N3O2S. The Morgan fingerprint density at radius 1 is 1.50 bits per heavy atom. The van der Waals surface area contributed by atoms with Crippen LogP contribution in [0.3, 0.4) is 0 Å². The number of oxazole rings is 1. The molecule has 106 valence electrons. The van der Waals surface area contributed by atoms with E-state index in [1.165, 1.54) is 6.26 Å². The Morgan fingerprint density at radius 2 is 2.35 bits per heavy atom. The van der Waals surface area contributed by atoms with Crippen LogP contribution in [0.5, 0.6) is 0 Å². The van der Waals surface area contributed by atoms with Crippen LogP contribution >= 0.6 is 11.3 Å². The SMILES string of the molecule is O=C(NCc1cccs1)c1coc(C2CCNCC2)n1. The van der Waals surface area contributed by atoms with Gasteiger partial charge in [0, 0.05) is 10.8 Å². The first-order chi connectivity index (χ1) is 9.83. The molecule has 0 unspecified atom stereocenters. The van der Waals surface area contributed by atoms with Crippen molar-refractivity contribution in [2.75, 3.05) is 13.1 Å². The lowest BCUT2D eigenvalue weighted by molar-refractivity contribution is 0.0946. The van der Waals surface area contributed by atoms with Crippen molar-refractivity contribution in [1.82, 2.24) is 15.6 Å². The summed E-state index contributed by atoms with van der Waals surface area (Å²) in [5.74, 6) is 0.838. The first-order valence-corrected chi connectivity index (χ1v) is 7.67. The van der Waals surface area contributed by atoms with Crippen LogP contribution in [-0.2, 0) is 6.54 Å². The Hall–Kier alpha value is -1.66. The Labute approximate surface area is 121 Å². The minimum absolute atomic E-state index is 0.178. The van der Waals surface area contributed by atoms with E-state index in [4.69, 9.17) is 4.42 Å². The number of nitrogens with one attached hydrogen (secondary N) is 2. The molecule has 0 bridgehead atoms. The highest BCUT2D eigenvalue weighted by molar-refractivity contribution is 7.09. The maximum absolute atomic E-state index is 12.0. The van der Waals surface area contributed by atoms with Gasteiger partial charge in [0.05, 0.1) is 6.54 Å². The molecule has 2 aromatic rings. The monoisotopic (exact) mass is 291 g/mol. The van der Waals surface area contributed by atoms with E-state index in [-0.39, 0.29) is 5.91 Å². The highest BCUT2D eigenvalue weighted by Gasteiger charge is 2.21. The second-order valence-corrected chi connectivity index (χ2v) is 5.89. The molecule has 3 heterocycles. The molecule has 0 spiro atoms. The smallest absolute Gasteiger partial charge is 0.273 e. The number of thiophene rings is 1. The minimum Gasteiger partial charge on any atom is -0.448 e. The van der Waals surface area contributed by atoms with Gasteiger partial charge in [0.25, 0.3) is 5.91 Å². The van der Waals surface area contributed by atoms with Crippen molar-refractivity contribution >= 4 is 17.2 Å². The first kappa shape index (κ1) is 13.3. The molecule has 0 saturated carbocycles. The fraction of sp³-hybridized carbons (Fsp3) is 0.429. The topological polar surface area (TPSA) is 67.2 Å². The quantitative estimate of drug-likeness (QED) is 0.905. The van der Waals surface area contributed by atoms with Crippen LogP contribution in [0.2, 0.25) is 0 Å². The molecule has 0 aromatic carbocycles. The number of piperidine rings is 1. The van der Waals surface area contributed by atoms with Crippen LogP contribution < -0.4 is 10.6 Å². The Morgan fingerprint density at radius 3 is 3.10 bits per heavy atom. The maximum atomic E-state index is 12.0. The zero-order chi connectivity index (χ0) is 13.8. The maximum Gasteiger partial charge on any atom is 0.273 e. The summed E-state index contributed by atoms with van der Waals surface area (Å²) >= 11 is 1.62. The molecule has 1 aliphatic heterocycles. The van der Waals surface area contributed by atoms with Crippen molar-refractivity contribution in [1.29, 1.82) is 0 Å². The largest absolute Gasteiger partial charge is 0.448 e. The van der Waals surface area contributed by atoms with E-state index in [1.54, 1.807) is 11.3 Å². The second-order valence-electron chi connectivity index (χ2n) is 4.86. The van der Waals surface area contributed by atoms with Crippen molar-refractivity contribution in [3.63, 3.8) is 0 Å². The molecule has 20 heavy (non-hydrogen) atoms. The zero-order valence-electron chi connectivity index (χ0n) is 11.1. The van der Waals surface area contributed by atoms with Gasteiger partial charge in [0.1, 0.15) is 6.26 Å². The van der Waals surface area contributed by atoms with E-state index in [0.717, 1.165) is 30.8 Å². The number of amides is 1. The van der Waals surface area contributed by atoms with Crippen LogP contribution in [0, 0.1) is 0 Å². The normalized spacial score (nSPS) is 16.2. The first-order valence-electron chi connectivity index (χ1n) is 6.79. The molecule has 2 aromatic heterocycles. The predicted molar refractivity (Wildman–Crippen MR) is 76.8 cm³/mol. The third kappa shape index (κ3) is 3.08. The average Bonchev–Trinajstić information content (AvgIpc) is 3.17. The lowest BCUT2D eigenvalue weighted by Crippen LogP contribution is -2.27. The predicted octanol–water partition coefficient (Wildman–Crippen LogP) is 2.13. The minimum atomic E-state index is -0.178. The van der Waals surface area contributed by atoms with Crippen molar-refractivity contribution in [2.45, 2.75) is 25.3 Å². The summed E-state index contributed by atoms with van der Waals surface area (Å²) in [7, 11) is 0. The molecule has 6 heteroatoms. The van der Waals surface area contributed by atoms with Crippen LogP contribution in [0.4, 0.5) is 0 Å². The molecule has 1 amide bonds. The van der Waals surface area contributed by atoms with Gasteiger partial charge in [0.2, 0.25) is 0 Å². The van der Waals surface area contributed by atoms with Gasteiger partial charge in [-0.15, -0.1) is 11.3 Å². The third-order valence-electron chi connectivity index (χ3n) is 3.45. The highest BCUT2D eigenvalue weighted by atomic mass is 32.1. The van der Waals surface area contributed by atoms with Crippen molar-refractivity contribution in [3.8, 4) is 0 Å². The van der Waals surface area contributed by atoms with Crippen molar-refractivity contribution in [3.05, 3.63) is 40.2 Å². The number of rotatable bonds is 4. The van der Waals surface area contributed by atoms with E-state index in [9.17, 15) is 4.79 Å². The average molecular weight is 291 g/mol. The lowest BCUT2D eigenvalue weighted by atomic mass is 9.98. The number of carbonyl (C=O) groups excluding carboxylic acids is 1. The van der Waals surface area contributed by atoms with Gasteiger partial charge in [-0.2, -0.15) is 0 Å².